The van der Waals surface area contributed by atoms with Crippen molar-refractivity contribution in [1.29, 1.82) is 0 Å². The van der Waals surface area contributed by atoms with Crippen LogP contribution in [-0.2, 0) is 20.3 Å². The molecule has 0 aromatic carbocycles. The molecule has 0 aliphatic rings. The van der Waals surface area contributed by atoms with Crippen molar-refractivity contribution in [2.24, 2.45) is 0 Å². The summed E-state index contributed by atoms with van der Waals surface area (Å²) in [7, 11) is -6.00. The zero-order valence-electron chi connectivity index (χ0n) is 15.2. The first-order valence-electron chi connectivity index (χ1n) is 7.77. The molecule has 2 aromatic rings. The molecular formula is C15H18F3N3O5S. The van der Waals surface area contributed by atoms with Gasteiger partial charge in [-0.15, -0.1) is 0 Å². The molecule has 1 N–H and O–H groups in total. The molecule has 2 aromatic heterocycles. The van der Waals surface area contributed by atoms with Gasteiger partial charge in [-0.05, 0) is 19.3 Å². The van der Waals surface area contributed by atoms with Crippen molar-refractivity contribution in [1.82, 2.24) is 15.2 Å². The number of rotatable bonds is 4. The summed E-state index contributed by atoms with van der Waals surface area (Å²) in [6.07, 6.45) is 0. The number of H-pyrrole nitrogens is 1. The first-order chi connectivity index (χ1) is 12.2. The molecular weight excluding hydrogens is 391 g/mol. The first kappa shape index (κ1) is 20.9. The fraction of sp³-hybridized carbons (Fsp3) is 0.533. The average molecular weight is 409 g/mol. The highest BCUT2D eigenvalue weighted by atomic mass is 32.2. The van der Waals surface area contributed by atoms with Gasteiger partial charge in [-0.1, -0.05) is 20.8 Å². The molecule has 0 saturated carbocycles. The van der Waals surface area contributed by atoms with Crippen molar-refractivity contribution >= 4 is 27.1 Å². The van der Waals surface area contributed by atoms with Gasteiger partial charge in [0, 0.05) is 11.3 Å². The molecule has 0 saturated heterocycles. The molecule has 150 valence electrons. The SMILES string of the molecule is CCOC(=O)c1c(C(C)(C)C)c(OS(=O)(=O)C(F)(F)F)nc2n[nH]c(C)c12. The Morgan fingerprint density at radius 2 is 1.81 bits per heavy atom. The molecule has 0 atom stereocenters. The van der Waals surface area contributed by atoms with E-state index < -0.39 is 32.9 Å². The zero-order chi connectivity index (χ0) is 20.8. The Kier molecular flexibility index (Phi) is 5.16. The van der Waals surface area contributed by atoms with Gasteiger partial charge in [-0.25, -0.2) is 4.79 Å². The van der Waals surface area contributed by atoms with Crippen molar-refractivity contribution in [3.63, 3.8) is 0 Å². The number of alkyl halides is 3. The lowest BCUT2D eigenvalue weighted by Crippen LogP contribution is -2.30. The van der Waals surface area contributed by atoms with Gasteiger partial charge >= 0.3 is 21.6 Å². The molecule has 0 aliphatic carbocycles. The van der Waals surface area contributed by atoms with E-state index in [0.717, 1.165) is 0 Å². The quantitative estimate of drug-likeness (QED) is 0.469. The highest BCUT2D eigenvalue weighted by Crippen LogP contribution is 2.40. The molecule has 0 fully saturated rings. The van der Waals surface area contributed by atoms with Crippen LogP contribution in [0.1, 0.15) is 49.3 Å². The number of aromatic nitrogens is 3. The highest BCUT2D eigenvalue weighted by molar-refractivity contribution is 7.87. The van der Waals surface area contributed by atoms with Crippen LogP contribution in [0.3, 0.4) is 0 Å². The van der Waals surface area contributed by atoms with E-state index in [0.29, 0.717) is 5.69 Å². The van der Waals surface area contributed by atoms with E-state index in [-0.39, 0.29) is 28.8 Å². The maximum absolute atomic E-state index is 12.8. The predicted molar refractivity (Wildman–Crippen MR) is 88.9 cm³/mol. The highest BCUT2D eigenvalue weighted by Gasteiger charge is 2.50. The lowest BCUT2D eigenvalue weighted by Gasteiger charge is -2.25. The molecule has 2 rings (SSSR count). The Morgan fingerprint density at radius 3 is 2.30 bits per heavy atom. The van der Waals surface area contributed by atoms with Crippen LogP contribution >= 0.6 is 0 Å². The van der Waals surface area contributed by atoms with Gasteiger partial charge in [0.2, 0.25) is 5.88 Å². The molecule has 2 heterocycles. The first-order valence-corrected chi connectivity index (χ1v) is 9.18. The van der Waals surface area contributed by atoms with Crippen LogP contribution in [0.5, 0.6) is 5.88 Å². The number of hydrogen-bond acceptors (Lipinski definition) is 7. The minimum Gasteiger partial charge on any atom is -0.462 e. The number of halogens is 3. The van der Waals surface area contributed by atoms with Crippen molar-refractivity contribution in [3.05, 3.63) is 16.8 Å². The van der Waals surface area contributed by atoms with Crippen molar-refractivity contribution in [3.8, 4) is 5.88 Å². The van der Waals surface area contributed by atoms with E-state index in [4.69, 9.17) is 4.74 Å². The van der Waals surface area contributed by atoms with Crippen LogP contribution in [-0.4, -0.2) is 41.7 Å². The van der Waals surface area contributed by atoms with E-state index in [2.05, 4.69) is 19.4 Å². The van der Waals surface area contributed by atoms with Gasteiger partial charge in [0.15, 0.2) is 5.65 Å². The van der Waals surface area contributed by atoms with Crippen LogP contribution in [0.25, 0.3) is 11.0 Å². The molecule has 0 aliphatic heterocycles. The monoisotopic (exact) mass is 409 g/mol. The maximum atomic E-state index is 12.8. The summed E-state index contributed by atoms with van der Waals surface area (Å²) in [5.74, 6) is -1.73. The van der Waals surface area contributed by atoms with Crippen LogP contribution in [0.4, 0.5) is 13.2 Å². The van der Waals surface area contributed by atoms with Crippen LogP contribution in [0.2, 0.25) is 0 Å². The van der Waals surface area contributed by atoms with E-state index in [1.54, 1.807) is 34.6 Å². The van der Waals surface area contributed by atoms with Crippen LogP contribution < -0.4 is 4.18 Å². The molecule has 0 amide bonds. The minimum absolute atomic E-state index is 0.000170. The van der Waals surface area contributed by atoms with E-state index >= 15 is 0 Å². The van der Waals surface area contributed by atoms with Crippen molar-refractivity contribution < 1.29 is 35.3 Å². The largest absolute Gasteiger partial charge is 0.534 e. The molecule has 0 unspecified atom stereocenters. The van der Waals surface area contributed by atoms with E-state index in [9.17, 15) is 26.4 Å². The second-order valence-electron chi connectivity index (χ2n) is 6.67. The average Bonchev–Trinajstić information content (AvgIpc) is 2.84. The second-order valence-corrected chi connectivity index (χ2v) is 8.21. The zero-order valence-corrected chi connectivity index (χ0v) is 16.0. The molecule has 12 heteroatoms. The Balaban J connectivity index is 2.91. The Labute approximate surface area is 153 Å². The van der Waals surface area contributed by atoms with Gasteiger partial charge in [0.05, 0.1) is 17.6 Å². The molecule has 27 heavy (non-hydrogen) atoms. The molecule has 0 bridgehead atoms. The van der Waals surface area contributed by atoms with E-state index in [1.807, 2.05) is 0 Å². The number of fused-ring (bicyclic) bond motifs is 1. The van der Waals surface area contributed by atoms with Crippen molar-refractivity contribution in [2.45, 2.75) is 45.5 Å². The normalized spacial score (nSPS) is 13.0. The Morgan fingerprint density at radius 1 is 1.22 bits per heavy atom. The number of pyridine rings is 1. The van der Waals surface area contributed by atoms with Gasteiger partial charge in [-0.3, -0.25) is 5.10 Å². The summed E-state index contributed by atoms with van der Waals surface area (Å²) in [6.45, 7) is 7.85. The third-order valence-corrected chi connectivity index (χ3v) is 4.50. The Bertz CT molecular complexity index is 991. The van der Waals surface area contributed by atoms with Crippen LogP contribution in [0, 0.1) is 6.92 Å². The number of esters is 1. The second kappa shape index (κ2) is 6.66. The molecule has 0 radical (unpaired) electrons. The summed E-state index contributed by atoms with van der Waals surface area (Å²) in [5, 5.41) is 6.58. The fourth-order valence-electron chi connectivity index (χ4n) is 2.50. The lowest BCUT2D eigenvalue weighted by molar-refractivity contribution is -0.0501. The number of nitrogens with one attached hydrogen (secondary N) is 1. The van der Waals surface area contributed by atoms with E-state index in [1.165, 1.54) is 0 Å². The standard InChI is InChI=1S/C15H18F3N3O5S/c1-6-25-13(22)9-8-7(2)20-21-11(8)19-12(10(9)14(3,4)5)26-27(23,24)15(16,17)18/h6H2,1-5H3,(H,19,20,21). The number of ether oxygens (including phenoxy) is 1. The third kappa shape index (κ3) is 3.84. The van der Waals surface area contributed by atoms with Gasteiger partial charge in [-0.2, -0.15) is 31.7 Å². The summed E-state index contributed by atoms with van der Waals surface area (Å²) < 4.78 is 70.7. The summed E-state index contributed by atoms with van der Waals surface area (Å²) >= 11 is 0. The van der Waals surface area contributed by atoms with Crippen molar-refractivity contribution in [2.75, 3.05) is 6.61 Å². The number of carbonyl (C=O) groups is 1. The summed E-state index contributed by atoms with van der Waals surface area (Å²) in [5.41, 5.74) is -6.71. The minimum atomic E-state index is -6.00. The number of hydrogen-bond donors (Lipinski definition) is 1. The molecule has 0 spiro atoms. The van der Waals surface area contributed by atoms with Crippen LogP contribution in [0.15, 0.2) is 0 Å². The predicted octanol–water partition coefficient (Wildman–Crippen LogP) is 2.97. The maximum Gasteiger partial charge on any atom is 0.534 e. The van der Waals surface area contributed by atoms with Gasteiger partial charge < -0.3 is 8.92 Å². The molecule has 8 nitrogen and oxygen atoms in total. The Hall–Kier alpha value is -2.37. The number of carbonyl (C=O) groups excluding carboxylic acids is 1. The lowest BCUT2D eigenvalue weighted by atomic mass is 9.83. The smallest absolute Gasteiger partial charge is 0.462 e. The number of aryl methyl sites for hydroxylation is 1. The number of aromatic amines is 1. The fourth-order valence-corrected chi connectivity index (χ4v) is 2.92. The summed E-state index contributed by atoms with van der Waals surface area (Å²) in [6, 6.07) is 0. The van der Waals surface area contributed by atoms with Gasteiger partial charge in [0.25, 0.3) is 0 Å². The topological polar surface area (TPSA) is 111 Å². The third-order valence-electron chi connectivity index (χ3n) is 3.55. The summed E-state index contributed by atoms with van der Waals surface area (Å²) in [4.78, 5) is 16.4. The number of nitrogens with zero attached hydrogens (tertiary/aromatic N) is 2. The van der Waals surface area contributed by atoms with Gasteiger partial charge in [0.1, 0.15) is 0 Å².